The van der Waals surface area contributed by atoms with E-state index in [1.165, 1.54) is 6.33 Å². The summed E-state index contributed by atoms with van der Waals surface area (Å²) >= 11 is 0. The van der Waals surface area contributed by atoms with E-state index in [1.54, 1.807) is 24.5 Å². The molecule has 0 N–H and O–H groups in total. The third kappa shape index (κ3) is 0.881. The molecule has 0 radical (unpaired) electrons. The molecular weight excluding hydrogens is 142 g/mol. The SMILES string of the molecule is [O-][n+]1cncc2cccnc21. The van der Waals surface area contributed by atoms with Gasteiger partial charge in [0.2, 0.25) is 6.33 Å². The van der Waals surface area contributed by atoms with Crippen molar-refractivity contribution in [3.63, 3.8) is 0 Å². The van der Waals surface area contributed by atoms with Gasteiger partial charge in [0.25, 0.3) is 5.65 Å². The Bertz CT molecular complexity index is 383. The van der Waals surface area contributed by atoms with Crippen LogP contribution in [0.1, 0.15) is 0 Å². The van der Waals surface area contributed by atoms with Crippen LogP contribution in [0, 0.1) is 5.21 Å². The quantitative estimate of drug-likeness (QED) is 0.397. The van der Waals surface area contributed by atoms with Gasteiger partial charge in [-0.1, -0.05) is 0 Å². The van der Waals surface area contributed by atoms with E-state index in [2.05, 4.69) is 9.97 Å². The van der Waals surface area contributed by atoms with Crippen LogP contribution in [0.3, 0.4) is 0 Å². The number of hydrogen-bond donors (Lipinski definition) is 0. The minimum absolute atomic E-state index is 0.405. The molecule has 0 bridgehead atoms. The second kappa shape index (κ2) is 2.16. The molecule has 2 rings (SSSR count). The molecule has 0 aliphatic rings. The third-order valence-electron chi connectivity index (χ3n) is 1.41. The van der Waals surface area contributed by atoms with Gasteiger partial charge in [0, 0.05) is 0 Å². The predicted octanol–water partition coefficient (Wildman–Crippen LogP) is 0.263. The maximum atomic E-state index is 11.0. The van der Waals surface area contributed by atoms with Crippen LogP contribution in [0.5, 0.6) is 0 Å². The lowest BCUT2D eigenvalue weighted by Crippen LogP contribution is -2.27. The van der Waals surface area contributed by atoms with Crippen molar-refractivity contribution < 1.29 is 4.73 Å². The Labute approximate surface area is 62.7 Å². The van der Waals surface area contributed by atoms with Gasteiger partial charge >= 0.3 is 0 Å². The van der Waals surface area contributed by atoms with Crippen molar-refractivity contribution in [1.82, 2.24) is 9.97 Å². The van der Waals surface area contributed by atoms with Crippen LogP contribution in [-0.2, 0) is 0 Å². The molecule has 4 heteroatoms. The van der Waals surface area contributed by atoms with Gasteiger partial charge in [-0.3, -0.25) is 0 Å². The Kier molecular flexibility index (Phi) is 1.18. The Morgan fingerprint density at radius 3 is 3.18 bits per heavy atom. The largest absolute Gasteiger partial charge is 0.740 e. The summed E-state index contributed by atoms with van der Waals surface area (Å²) in [6.07, 6.45) is 4.38. The first-order chi connectivity index (χ1) is 5.38. The van der Waals surface area contributed by atoms with Crippen molar-refractivity contribution >= 4 is 11.0 Å². The normalized spacial score (nSPS) is 10.2. The summed E-state index contributed by atoms with van der Waals surface area (Å²) in [6, 6.07) is 3.56. The van der Waals surface area contributed by atoms with Gasteiger partial charge in [-0.05, 0) is 12.1 Å². The molecular formula is C7H5N3O. The predicted molar refractivity (Wildman–Crippen MR) is 38.5 cm³/mol. The molecule has 0 unspecified atom stereocenters. The highest BCUT2D eigenvalue weighted by molar-refractivity contribution is 5.69. The van der Waals surface area contributed by atoms with Gasteiger partial charge in [-0.25, -0.2) is 4.73 Å². The maximum Gasteiger partial charge on any atom is 0.272 e. The zero-order valence-corrected chi connectivity index (χ0v) is 5.64. The van der Waals surface area contributed by atoms with Crippen LogP contribution < -0.4 is 4.73 Å². The first-order valence-electron chi connectivity index (χ1n) is 3.16. The van der Waals surface area contributed by atoms with Crippen molar-refractivity contribution in [1.29, 1.82) is 0 Å². The Balaban J connectivity index is 2.91. The zero-order chi connectivity index (χ0) is 7.68. The van der Waals surface area contributed by atoms with E-state index < -0.39 is 0 Å². The highest BCUT2D eigenvalue weighted by atomic mass is 16.5. The summed E-state index contributed by atoms with van der Waals surface area (Å²) in [5.74, 6) is 0. The van der Waals surface area contributed by atoms with Crippen molar-refractivity contribution in [3.05, 3.63) is 36.1 Å². The number of aromatic nitrogens is 3. The van der Waals surface area contributed by atoms with Crippen molar-refractivity contribution in [3.8, 4) is 0 Å². The van der Waals surface area contributed by atoms with E-state index in [9.17, 15) is 5.21 Å². The molecule has 0 aromatic carbocycles. The molecule has 11 heavy (non-hydrogen) atoms. The van der Waals surface area contributed by atoms with E-state index in [-0.39, 0.29) is 0 Å². The smallest absolute Gasteiger partial charge is 0.272 e. The zero-order valence-electron chi connectivity index (χ0n) is 5.64. The molecule has 0 amide bonds. The summed E-state index contributed by atoms with van der Waals surface area (Å²) in [6.45, 7) is 0. The highest BCUT2D eigenvalue weighted by Gasteiger charge is 1.99. The molecule has 0 aliphatic carbocycles. The molecule has 0 atom stereocenters. The van der Waals surface area contributed by atoms with Crippen molar-refractivity contribution in [2.24, 2.45) is 0 Å². The monoisotopic (exact) mass is 147 g/mol. The van der Waals surface area contributed by atoms with Gasteiger partial charge in [-0.2, -0.15) is 0 Å². The molecule has 54 valence electrons. The van der Waals surface area contributed by atoms with E-state index in [0.717, 1.165) is 5.39 Å². The third-order valence-corrected chi connectivity index (χ3v) is 1.41. The summed E-state index contributed by atoms with van der Waals surface area (Å²) in [5.41, 5.74) is 0.405. The van der Waals surface area contributed by atoms with Gasteiger partial charge in [0.05, 0.1) is 5.39 Å². The van der Waals surface area contributed by atoms with Crippen molar-refractivity contribution in [2.75, 3.05) is 0 Å². The topological polar surface area (TPSA) is 52.7 Å². The van der Waals surface area contributed by atoms with Crippen molar-refractivity contribution in [2.45, 2.75) is 0 Å². The lowest BCUT2D eigenvalue weighted by atomic mass is 10.3. The number of hydrogen-bond acceptors (Lipinski definition) is 3. The Morgan fingerprint density at radius 1 is 1.45 bits per heavy atom. The lowest BCUT2D eigenvalue weighted by Gasteiger charge is -2.01. The number of pyridine rings is 1. The molecule has 0 aliphatic heterocycles. The highest BCUT2D eigenvalue weighted by Crippen LogP contribution is 2.01. The first kappa shape index (κ1) is 6.03. The Hall–Kier alpha value is -1.71. The fraction of sp³-hybridized carbons (Fsp3) is 0. The van der Waals surface area contributed by atoms with Crippen LogP contribution in [-0.4, -0.2) is 9.97 Å². The van der Waals surface area contributed by atoms with Gasteiger partial charge in [-0.15, -0.1) is 9.97 Å². The van der Waals surface area contributed by atoms with Gasteiger partial charge in [0.1, 0.15) is 12.4 Å². The molecule has 0 saturated heterocycles. The molecule has 0 spiro atoms. The van der Waals surface area contributed by atoms with E-state index in [0.29, 0.717) is 10.4 Å². The number of rotatable bonds is 0. The van der Waals surface area contributed by atoms with Crippen LogP contribution >= 0.6 is 0 Å². The van der Waals surface area contributed by atoms with E-state index in [4.69, 9.17) is 0 Å². The molecule has 2 heterocycles. The first-order valence-corrected chi connectivity index (χ1v) is 3.16. The van der Waals surface area contributed by atoms with Crippen LogP contribution in [0.4, 0.5) is 0 Å². The minimum Gasteiger partial charge on any atom is -0.740 e. The summed E-state index contributed by atoms with van der Waals surface area (Å²) in [7, 11) is 0. The number of nitrogens with zero attached hydrogens (tertiary/aromatic N) is 3. The second-order valence-corrected chi connectivity index (χ2v) is 2.14. The molecule has 0 fully saturated rings. The number of fused-ring (bicyclic) bond motifs is 1. The molecule has 4 nitrogen and oxygen atoms in total. The molecule has 0 saturated carbocycles. The lowest BCUT2D eigenvalue weighted by molar-refractivity contribution is -0.582. The fourth-order valence-corrected chi connectivity index (χ4v) is 0.923. The summed E-state index contributed by atoms with van der Waals surface area (Å²) in [4.78, 5) is 7.61. The minimum atomic E-state index is 0.405. The summed E-state index contributed by atoms with van der Waals surface area (Å²) < 4.78 is 0.648. The average Bonchev–Trinajstić information content (AvgIpc) is 2.06. The van der Waals surface area contributed by atoms with Gasteiger partial charge < -0.3 is 5.21 Å². The molecule has 2 aromatic heterocycles. The van der Waals surface area contributed by atoms with E-state index in [1.807, 2.05) is 0 Å². The fourth-order valence-electron chi connectivity index (χ4n) is 0.923. The average molecular weight is 147 g/mol. The second-order valence-electron chi connectivity index (χ2n) is 2.14. The Morgan fingerprint density at radius 2 is 2.36 bits per heavy atom. The van der Waals surface area contributed by atoms with Crippen LogP contribution in [0.25, 0.3) is 11.0 Å². The van der Waals surface area contributed by atoms with Gasteiger partial charge in [0.15, 0.2) is 0 Å². The van der Waals surface area contributed by atoms with Crippen LogP contribution in [0.2, 0.25) is 0 Å². The van der Waals surface area contributed by atoms with E-state index >= 15 is 0 Å². The van der Waals surface area contributed by atoms with Crippen LogP contribution in [0.15, 0.2) is 30.9 Å². The standard InChI is InChI=1S/C7H5N3O/c11-10-5-8-4-6-2-1-3-9-7(6)10/h1-5H. The maximum absolute atomic E-state index is 11.0. The molecule has 2 aromatic rings. The summed E-state index contributed by atoms with van der Waals surface area (Å²) in [5, 5.41) is 11.7.